The lowest BCUT2D eigenvalue weighted by Crippen LogP contribution is -2.43. The van der Waals surface area contributed by atoms with Crippen molar-refractivity contribution in [2.75, 3.05) is 23.7 Å². The van der Waals surface area contributed by atoms with Gasteiger partial charge >= 0.3 is 6.09 Å². The Balaban J connectivity index is 1.50. The van der Waals surface area contributed by atoms with Gasteiger partial charge in [0.05, 0.1) is 18.0 Å². The van der Waals surface area contributed by atoms with E-state index < -0.39 is 16.1 Å². The quantitative estimate of drug-likeness (QED) is 0.559. The molecule has 1 aliphatic rings. The molecule has 0 aromatic heterocycles. The monoisotopic (exact) mass is 450 g/mol. The Morgan fingerprint density at radius 2 is 1.53 bits per heavy atom. The summed E-state index contributed by atoms with van der Waals surface area (Å²) in [5.41, 5.74) is 3.40. The third-order valence-corrected chi connectivity index (χ3v) is 7.39. The number of para-hydroxylation sites is 1. The molecule has 1 amide bonds. The molecule has 0 saturated heterocycles. The third-order valence-electron chi connectivity index (χ3n) is 5.57. The van der Waals surface area contributed by atoms with Gasteiger partial charge in [-0.25, -0.2) is 13.2 Å². The Morgan fingerprint density at radius 1 is 0.938 bits per heavy atom. The highest BCUT2D eigenvalue weighted by atomic mass is 32.2. The van der Waals surface area contributed by atoms with Crippen LogP contribution in [0.4, 0.5) is 10.5 Å². The zero-order valence-electron chi connectivity index (χ0n) is 17.9. The van der Waals surface area contributed by atoms with Gasteiger partial charge in [-0.05, 0) is 22.8 Å². The Kier molecular flexibility index (Phi) is 6.46. The van der Waals surface area contributed by atoms with Crippen molar-refractivity contribution in [2.24, 2.45) is 0 Å². The van der Waals surface area contributed by atoms with E-state index in [4.69, 9.17) is 4.74 Å². The molecule has 3 aromatic carbocycles. The largest absolute Gasteiger partial charge is 0.445 e. The fourth-order valence-electron chi connectivity index (χ4n) is 3.96. The van der Waals surface area contributed by atoms with Crippen LogP contribution in [0.5, 0.6) is 0 Å². The molecule has 0 fully saturated rings. The Labute approximate surface area is 189 Å². The number of sulfonamides is 1. The molecule has 1 aliphatic heterocycles. The predicted octanol–water partition coefficient (Wildman–Crippen LogP) is 4.39. The number of benzene rings is 3. The first-order chi connectivity index (χ1) is 15.4. The van der Waals surface area contributed by atoms with Gasteiger partial charge < -0.3 is 9.64 Å². The van der Waals surface area contributed by atoms with Gasteiger partial charge in [-0.1, -0.05) is 78.9 Å². The lowest BCUT2D eigenvalue weighted by atomic mass is 9.98. The van der Waals surface area contributed by atoms with Crippen LogP contribution in [0.25, 0.3) is 0 Å². The number of nitrogens with zero attached hydrogens (tertiary/aromatic N) is 2. The molecule has 0 radical (unpaired) electrons. The molecule has 1 heterocycles. The van der Waals surface area contributed by atoms with Crippen molar-refractivity contribution in [3.63, 3.8) is 0 Å². The Hall–Kier alpha value is -3.32. The minimum absolute atomic E-state index is 0.0623. The molecule has 3 aromatic rings. The van der Waals surface area contributed by atoms with Crippen LogP contribution in [-0.4, -0.2) is 38.8 Å². The molecule has 1 unspecified atom stereocenters. The first kappa shape index (κ1) is 21.9. The lowest BCUT2D eigenvalue weighted by Gasteiger charge is -2.36. The number of likely N-dealkylation sites (N-methyl/N-ethyl adjacent to an activating group) is 1. The fraction of sp³-hybridized carbons (Fsp3) is 0.240. The van der Waals surface area contributed by atoms with E-state index in [1.807, 2.05) is 84.9 Å². The van der Waals surface area contributed by atoms with E-state index in [9.17, 15) is 13.2 Å². The molecule has 7 heteroatoms. The summed E-state index contributed by atoms with van der Waals surface area (Å²) in [6.07, 6.45) is -0.476. The smallest absolute Gasteiger partial charge is 0.409 e. The van der Waals surface area contributed by atoms with Gasteiger partial charge in [-0.2, -0.15) is 0 Å². The summed E-state index contributed by atoms with van der Waals surface area (Å²) < 4.78 is 33.3. The zero-order chi connectivity index (χ0) is 22.6. The molecule has 0 aliphatic carbocycles. The number of carbonyl (C=O) groups excluding carboxylic acids is 1. The molecule has 166 valence electrons. The van der Waals surface area contributed by atoms with Crippen LogP contribution in [0.15, 0.2) is 84.9 Å². The second-order valence-corrected chi connectivity index (χ2v) is 9.89. The number of ether oxygens (including phenoxy) is 1. The topological polar surface area (TPSA) is 66.9 Å². The summed E-state index contributed by atoms with van der Waals surface area (Å²) in [7, 11) is -1.92. The van der Waals surface area contributed by atoms with E-state index in [0.717, 1.165) is 16.7 Å². The normalized spacial score (nSPS) is 16.8. The number of rotatable bonds is 6. The minimum atomic E-state index is -3.56. The van der Waals surface area contributed by atoms with Crippen LogP contribution >= 0.6 is 0 Å². The third kappa shape index (κ3) is 4.94. The second-order valence-electron chi connectivity index (χ2n) is 7.95. The van der Waals surface area contributed by atoms with Crippen molar-refractivity contribution in [3.8, 4) is 0 Å². The van der Waals surface area contributed by atoms with Gasteiger partial charge in [0.15, 0.2) is 0 Å². The molecular weight excluding hydrogens is 424 g/mol. The molecule has 0 bridgehead atoms. The lowest BCUT2D eigenvalue weighted by molar-refractivity contribution is 0.103. The van der Waals surface area contributed by atoms with Gasteiger partial charge in [0.1, 0.15) is 6.61 Å². The maximum absolute atomic E-state index is 13.2. The first-order valence-electron chi connectivity index (χ1n) is 10.5. The van der Waals surface area contributed by atoms with Crippen molar-refractivity contribution >= 4 is 21.8 Å². The Morgan fingerprint density at radius 3 is 2.22 bits per heavy atom. The van der Waals surface area contributed by atoms with E-state index in [1.165, 1.54) is 9.21 Å². The highest BCUT2D eigenvalue weighted by Gasteiger charge is 2.36. The second kappa shape index (κ2) is 9.44. The number of anilines is 1. The Bertz CT molecular complexity index is 1170. The highest BCUT2D eigenvalue weighted by molar-refractivity contribution is 7.92. The maximum atomic E-state index is 13.2. The van der Waals surface area contributed by atoms with Crippen LogP contribution in [0, 0.1) is 0 Å². The molecular formula is C25H26N2O4S. The number of hydrogen-bond donors (Lipinski definition) is 0. The van der Waals surface area contributed by atoms with Gasteiger partial charge in [0, 0.05) is 19.5 Å². The van der Waals surface area contributed by atoms with Crippen molar-refractivity contribution in [1.29, 1.82) is 0 Å². The standard InChI is InChI=1S/C25H26N2O4S/c1-26(25(28)31-18-21-12-6-3-7-13-21)17-22-19-32(29,30)27(16-20-10-4-2-5-11-20)24-15-9-8-14-23(22)24/h2-15,22H,16-19H2,1H3. The molecule has 0 saturated carbocycles. The average Bonchev–Trinajstić information content (AvgIpc) is 2.81. The molecule has 0 spiro atoms. The molecule has 0 N–H and O–H groups in total. The predicted molar refractivity (Wildman–Crippen MR) is 125 cm³/mol. The van der Waals surface area contributed by atoms with Crippen LogP contribution in [0.1, 0.15) is 22.6 Å². The van der Waals surface area contributed by atoms with Crippen LogP contribution < -0.4 is 4.31 Å². The van der Waals surface area contributed by atoms with Gasteiger partial charge in [0.2, 0.25) is 10.0 Å². The van der Waals surface area contributed by atoms with Gasteiger partial charge in [-0.15, -0.1) is 0 Å². The zero-order valence-corrected chi connectivity index (χ0v) is 18.7. The van der Waals surface area contributed by atoms with E-state index in [0.29, 0.717) is 5.69 Å². The van der Waals surface area contributed by atoms with E-state index in [-0.39, 0.29) is 31.4 Å². The van der Waals surface area contributed by atoms with E-state index in [2.05, 4.69) is 0 Å². The first-order valence-corrected chi connectivity index (χ1v) is 12.1. The maximum Gasteiger partial charge on any atom is 0.409 e. The molecule has 1 atom stereocenters. The fourth-order valence-corrected chi connectivity index (χ4v) is 5.75. The van der Waals surface area contributed by atoms with Crippen LogP contribution in [0.3, 0.4) is 0 Å². The number of carbonyl (C=O) groups is 1. The number of amides is 1. The summed E-state index contributed by atoms with van der Waals surface area (Å²) in [5, 5.41) is 0. The summed E-state index contributed by atoms with van der Waals surface area (Å²) >= 11 is 0. The highest BCUT2D eigenvalue weighted by Crippen LogP contribution is 2.37. The summed E-state index contributed by atoms with van der Waals surface area (Å²) in [6, 6.07) is 26.5. The molecule has 32 heavy (non-hydrogen) atoms. The van der Waals surface area contributed by atoms with E-state index >= 15 is 0 Å². The van der Waals surface area contributed by atoms with E-state index in [1.54, 1.807) is 7.05 Å². The van der Waals surface area contributed by atoms with Crippen LogP contribution in [-0.2, 0) is 27.9 Å². The molecule has 6 nitrogen and oxygen atoms in total. The van der Waals surface area contributed by atoms with Gasteiger partial charge in [0.25, 0.3) is 0 Å². The van der Waals surface area contributed by atoms with Crippen molar-refractivity contribution in [1.82, 2.24) is 4.90 Å². The van der Waals surface area contributed by atoms with Crippen molar-refractivity contribution < 1.29 is 17.9 Å². The number of hydrogen-bond acceptors (Lipinski definition) is 4. The summed E-state index contributed by atoms with van der Waals surface area (Å²) in [6.45, 7) is 0.708. The minimum Gasteiger partial charge on any atom is -0.445 e. The average molecular weight is 451 g/mol. The van der Waals surface area contributed by atoms with Gasteiger partial charge in [-0.3, -0.25) is 4.31 Å². The molecule has 4 rings (SSSR count). The summed E-state index contributed by atoms with van der Waals surface area (Å²) in [4.78, 5) is 14.0. The number of fused-ring (bicyclic) bond motifs is 1. The van der Waals surface area contributed by atoms with Crippen molar-refractivity contribution in [3.05, 3.63) is 102 Å². The summed E-state index contributed by atoms with van der Waals surface area (Å²) in [5.74, 6) is -0.398. The van der Waals surface area contributed by atoms with Crippen LogP contribution in [0.2, 0.25) is 0 Å². The van der Waals surface area contributed by atoms with Crippen molar-refractivity contribution in [2.45, 2.75) is 19.1 Å². The SMILES string of the molecule is CN(CC1CS(=O)(=O)N(Cc2ccccc2)c2ccccc21)C(=O)OCc1ccccc1.